The zero-order valence-corrected chi connectivity index (χ0v) is 11.3. The Hall–Kier alpha value is -2.50. The van der Waals surface area contributed by atoms with E-state index in [9.17, 15) is 9.59 Å². The highest BCUT2D eigenvalue weighted by molar-refractivity contribution is 5.95. The van der Waals surface area contributed by atoms with Gasteiger partial charge in [-0.3, -0.25) is 0 Å². The van der Waals surface area contributed by atoms with Crippen LogP contribution >= 0.6 is 0 Å². The summed E-state index contributed by atoms with van der Waals surface area (Å²) in [6.07, 6.45) is 0.402. The van der Waals surface area contributed by atoms with Crippen LogP contribution in [0, 0.1) is 0 Å². The van der Waals surface area contributed by atoms with E-state index in [1.807, 2.05) is 0 Å². The molecule has 0 aliphatic heterocycles. The van der Waals surface area contributed by atoms with Crippen molar-refractivity contribution in [3.63, 3.8) is 0 Å². The number of hydrogen-bond donors (Lipinski definition) is 2. The average molecular weight is 278 g/mol. The summed E-state index contributed by atoms with van der Waals surface area (Å²) in [4.78, 5) is 22.8. The smallest absolute Gasteiger partial charge is 0.340 e. The van der Waals surface area contributed by atoms with Crippen molar-refractivity contribution in [1.82, 2.24) is 0 Å². The van der Waals surface area contributed by atoms with Gasteiger partial charge < -0.3 is 20.9 Å². The van der Waals surface area contributed by atoms with E-state index in [0.717, 1.165) is 0 Å². The van der Waals surface area contributed by atoms with E-state index in [1.165, 1.54) is 12.1 Å². The Bertz CT molecular complexity index is 526. The standard InChI is InChI=1S/C14H18N2O4/c1-9(2)13(17)19-6-3-7-20-14(18)11-5-4-10(15)8-12(11)16/h4-5,8H,1,3,6-7,15-16H2,2H3. The van der Waals surface area contributed by atoms with Gasteiger partial charge in [-0.2, -0.15) is 0 Å². The molecule has 0 saturated carbocycles. The lowest BCUT2D eigenvalue weighted by Crippen LogP contribution is -2.12. The van der Waals surface area contributed by atoms with E-state index in [4.69, 9.17) is 20.9 Å². The maximum absolute atomic E-state index is 11.7. The molecule has 0 spiro atoms. The topological polar surface area (TPSA) is 105 Å². The van der Waals surface area contributed by atoms with Crippen molar-refractivity contribution in [3.8, 4) is 0 Å². The molecule has 1 aromatic rings. The molecule has 108 valence electrons. The molecule has 0 amide bonds. The van der Waals surface area contributed by atoms with Crippen molar-refractivity contribution in [2.75, 3.05) is 24.7 Å². The zero-order valence-electron chi connectivity index (χ0n) is 11.3. The van der Waals surface area contributed by atoms with E-state index < -0.39 is 11.9 Å². The van der Waals surface area contributed by atoms with Crippen molar-refractivity contribution in [2.24, 2.45) is 0 Å². The lowest BCUT2D eigenvalue weighted by atomic mass is 10.1. The molecule has 0 aliphatic carbocycles. The first kappa shape index (κ1) is 15.6. The minimum Gasteiger partial charge on any atom is -0.462 e. The molecule has 0 aromatic heterocycles. The number of hydrogen-bond acceptors (Lipinski definition) is 6. The summed E-state index contributed by atoms with van der Waals surface area (Å²) < 4.78 is 9.88. The third-order valence-corrected chi connectivity index (χ3v) is 2.40. The lowest BCUT2D eigenvalue weighted by Gasteiger charge is -2.08. The van der Waals surface area contributed by atoms with Gasteiger partial charge in [0.1, 0.15) is 0 Å². The number of anilines is 2. The van der Waals surface area contributed by atoms with Crippen LogP contribution in [-0.4, -0.2) is 25.2 Å². The summed E-state index contributed by atoms with van der Waals surface area (Å²) in [5, 5.41) is 0. The van der Waals surface area contributed by atoms with E-state index in [0.29, 0.717) is 17.7 Å². The number of ether oxygens (including phenoxy) is 2. The highest BCUT2D eigenvalue weighted by Crippen LogP contribution is 2.16. The number of esters is 2. The zero-order chi connectivity index (χ0) is 15.1. The first-order valence-corrected chi connectivity index (χ1v) is 6.06. The first-order chi connectivity index (χ1) is 9.41. The summed E-state index contributed by atoms with van der Waals surface area (Å²) >= 11 is 0. The Balaban J connectivity index is 2.33. The molecule has 6 nitrogen and oxygen atoms in total. The molecule has 0 aliphatic rings. The van der Waals surface area contributed by atoms with Crippen LogP contribution in [0.25, 0.3) is 0 Å². The minimum atomic E-state index is -0.534. The third-order valence-electron chi connectivity index (χ3n) is 2.40. The third kappa shape index (κ3) is 4.64. The molecule has 0 unspecified atom stereocenters. The van der Waals surface area contributed by atoms with Crippen LogP contribution in [0.3, 0.4) is 0 Å². The fraction of sp³-hybridized carbons (Fsp3) is 0.286. The van der Waals surface area contributed by atoms with Crippen molar-refractivity contribution >= 4 is 23.3 Å². The quantitative estimate of drug-likeness (QED) is 0.354. The predicted molar refractivity (Wildman–Crippen MR) is 75.9 cm³/mol. The van der Waals surface area contributed by atoms with Crippen LogP contribution in [0.15, 0.2) is 30.4 Å². The monoisotopic (exact) mass is 278 g/mol. The molecule has 4 N–H and O–H groups in total. The van der Waals surface area contributed by atoms with Gasteiger partial charge in [-0.25, -0.2) is 9.59 Å². The molecule has 0 fully saturated rings. The second-order valence-electron chi connectivity index (χ2n) is 4.25. The van der Waals surface area contributed by atoms with Gasteiger partial charge in [0.05, 0.1) is 18.8 Å². The average Bonchev–Trinajstić information content (AvgIpc) is 2.37. The summed E-state index contributed by atoms with van der Waals surface area (Å²) in [6.45, 7) is 5.31. The predicted octanol–water partition coefficient (Wildman–Crippen LogP) is 1.52. The largest absolute Gasteiger partial charge is 0.462 e. The fourth-order valence-corrected chi connectivity index (χ4v) is 1.36. The van der Waals surface area contributed by atoms with Gasteiger partial charge in [-0.05, 0) is 25.1 Å². The molecular weight excluding hydrogens is 260 g/mol. The van der Waals surface area contributed by atoms with Gasteiger partial charge >= 0.3 is 11.9 Å². The molecule has 0 atom stereocenters. The van der Waals surface area contributed by atoms with Gasteiger partial charge in [-0.1, -0.05) is 6.58 Å². The number of nitrogens with two attached hydrogens (primary N) is 2. The second kappa shape index (κ2) is 7.18. The number of carbonyl (C=O) groups is 2. The van der Waals surface area contributed by atoms with Gasteiger partial charge in [0.2, 0.25) is 0 Å². The molecule has 1 aromatic carbocycles. The van der Waals surface area contributed by atoms with Gasteiger partial charge in [0, 0.05) is 23.4 Å². The Morgan fingerprint density at radius 3 is 2.45 bits per heavy atom. The first-order valence-electron chi connectivity index (χ1n) is 6.06. The van der Waals surface area contributed by atoms with Crippen LogP contribution < -0.4 is 11.5 Å². The highest BCUT2D eigenvalue weighted by Gasteiger charge is 2.11. The number of rotatable bonds is 6. The van der Waals surface area contributed by atoms with E-state index >= 15 is 0 Å². The van der Waals surface area contributed by atoms with Crippen molar-refractivity contribution in [2.45, 2.75) is 13.3 Å². The van der Waals surface area contributed by atoms with Crippen LogP contribution in [-0.2, 0) is 14.3 Å². The molecule has 1 rings (SSSR count). The summed E-state index contributed by atoms with van der Waals surface area (Å²) in [7, 11) is 0. The molecular formula is C14H18N2O4. The Morgan fingerprint density at radius 2 is 1.85 bits per heavy atom. The highest BCUT2D eigenvalue weighted by atomic mass is 16.5. The van der Waals surface area contributed by atoms with E-state index in [2.05, 4.69) is 6.58 Å². The molecule has 6 heteroatoms. The maximum Gasteiger partial charge on any atom is 0.340 e. The Morgan fingerprint density at radius 1 is 1.20 bits per heavy atom. The van der Waals surface area contributed by atoms with Gasteiger partial charge in [0.15, 0.2) is 0 Å². The van der Waals surface area contributed by atoms with Gasteiger partial charge in [-0.15, -0.1) is 0 Å². The summed E-state index contributed by atoms with van der Waals surface area (Å²) in [5.74, 6) is -0.993. The molecule has 0 radical (unpaired) electrons. The van der Waals surface area contributed by atoms with Crippen molar-refractivity contribution in [3.05, 3.63) is 35.9 Å². The van der Waals surface area contributed by atoms with E-state index in [-0.39, 0.29) is 24.5 Å². The number of carbonyl (C=O) groups excluding carboxylic acids is 2. The van der Waals surface area contributed by atoms with Crippen LogP contribution in [0.1, 0.15) is 23.7 Å². The van der Waals surface area contributed by atoms with Gasteiger partial charge in [0.25, 0.3) is 0 Å². The minimum absolute atomic E-state index is 0.131. The van der Waals surface area contributed by atoms with E-state index in [1.54, 1.807) is 13.0 Å². The summed E-state index contributed by atoms with van der Waals surface area (Å²) in [6, 6.07) is 4.57. The Labute approximate surface area is 117 Å². The molecule has 0 heterocycles. The molecule has 0 saturated heterocycles. The van der Waals surface area contributed by atoms with Crippen LogP contribution in [0.2, 0.25) is 0 Å². The van der Waals surface area contributed by atoms with Crippen LogP contribution in [0.5, 0.6) is 0 Å². The molecule has 20 heavy (non-hydrogen) atoms. The molecule has 0 bridgehead atoms. The van der Waals surface area contributed by atoms with Crippen molar-refractivity contribution in [1.29, 1.82) is 0 Å². The SMILES string of the molecule is C=C(C)C(=O)OCCCOC(=O)c1ccc(N)cc1N. The normalized spacial score (nSPS) is 9.85. The summed E-state index contributed by atoms with van der Waals surface area (Å²) in [5.41, 5.74) is 12.5. The number of nitrogen functional groups attached to an aromatic ring is 2. The number of benzene rings is 1. The maximum atomic E-state index is 11.7. The lowest BCUT2D eigenvalue weighted by molar-refractivity contribution is -0.139. The van der Waals surface area contributed by atoms with Crippen LogP contribution in [0.4, 0.5) is 11.4 Å². The Kier molecular flexibility index (Phi) is 5.58. The fourth-order valence-electron chi connectivity index (χ4n) is 1.36. The van der Waals surface area contributed by atoms with Crippen molar-refractivity contribution < 1.29 is 19.1 Å². The second-order valence-corrected chi connectivity index (χ2v) is 4.25.